The van der Waals surface area contributed by atoms with E-state index in [1.54, 1.807) is 0 Å². The van der Waals surface area contributed by atoms with E-state index in [4.69, 9.17) is 0 Å². The van der Waals surface area contributed by atoms with E-state index in [9.17, 15) is 0 Å². The maximum absolute atomic E-state index is 4.46. The average Bonchev–Trinajstić information content (AvgIpc) is 2.38. The van der Waals surface area contributed by atoms with Crippen molar-refractivity contribution in [3.8, 4) is 0 Å². The number of rotatable bonds is 5. The van der Waals surface area contributed by atoms with E-state index in [1.807, 2.05) is 25.1 Å². The van der Waals surface area contributed by atoms with E-state index in [-0.39, 0.29) is 0 Å². The van der Waals surface area contributed by atoms with Gasteiger partial charge in [0.15, 0.2) is 0 Å². The Kier molecular flexibility index (Phi) is 4.34. The highest BCUT2D eigenvalue weighted by molar-refractivity contribution is 5.55. The fourth-order valence-corrected chi connectivity index (χ4v) is 1.73. The van der Waals surface area contributed by atoms with Crippen LogP contribution in [-0.2, 0) is 0 Å². The largest absolute Gasteiger partial charge is 0.370 e. The molecule has 100 valence electrons. The van der Waals surface area contributed by atoms with Gasteiger partial charge in [-0.05, 0) is 32.4 Å². The second-order valence-electron chi connectivity index (χ2n) is 4.64. The summed E-state index contributed by atoms with van der Waals surface area (Å²) >= 11 is 0. The Morgan fingerprint density at radius 2 is 1.79 bits per heavy atom. The first-order chi connectivity index (χ1) is 9.17. The lowest BCUT2D eigenvalue weighted by Crippen LogP contribution is -2.06. The minimum absolute atomic E-state index is 0.627. The maximum atomic E-state index is 4.46. The molecule has 4 heteroatoms. The molecule has 0 aliphatic rings. The van der Waals surface area contributed by atoms with Crippen LogP contribution in [0.3, 0.4) is 0 Å². The number of nitrogens with zero attached hydrogens (tertiary/aromatic N) is 2. The summed E-state index contributed by atoms with van der Waals surface area (Å²) in [5.74, 6) is 1.49. The van der Waals surface area contributed by atoms with Gasteiger partial charge < -0.3 is 10.6 Å². The highest BCUT2D eigenvalue weighted by Gasteiger charge is 2.02. The van der Waals surface area contributed by atoms with Crippen molar-refractivity contribution in [2.75, 3.05) is 17.2 Å². The smallest absolute Gasteiger partial charge is 0.229 e. The summed E-state index contributed by atoms with van der Waals surface area (Å²) in [6, 6.07) is 10.1. The number of hydrogen-bond acceptors (Lipinski definition) is 4. The monoisotopic (exact) mass is 256 g/mol. The van der Waals surface area contributed by atoms with Gasteiger partial charge in [0.2, 0.25) is 5.95 Å². The summed E-state index contributed by atoms with van der Waals surface area (Å²) in [4.78, 5) is 8.85. The van der Waals surface area contributed by atoms with Crippen molar-refractivity contribution >= 4 is 17.5 Å². The van der Waals surface area contributed by atoms with Crippen LogP contribution in [0, 0.1) is 13.8 Å². The third kappa shape index (κ3) is 3.95. The van der Waals surface area contributed by atoms with E-state index in [1.165, 1.54) is 5.56 Å². The summed E-state index contributed by atoms with van der Waals surface area (Å²) in [6.07, 6.45) is 1.07. The highest BCUT2D eigenvalue weighted by Crippen LogP contribution is 2.16. The zero-order valence-electron chi connectivity index (χ0n) is 11.7. The van der Waals surface area contributed by atoms with Crippen LogP contribution < -0.4 is 10.6 Å². The number of aryl methyl sites for hydroxylation is 2. The Labute approximate surface area is 114 Å². The molecule has 0 aliphatic carbocycles. The van der Waals surface area contributed by atoms with Gasteiger partial charge in [-0.2, -0.15) is 4.98 Å². The standard InChI is InChI=1S/C15H20N4/c1-4-9-16-14-10-12(3)17-15(19-14)18-13-7-5-11(2)6-8-13/h5-8,10H,4,9H2,1-3H3,(H2,16,17,18,19). The summed E-state index contributed by atoms with van der Waals surface area (Å²) in [5, 5.41) is 6.51. The summed E-state index contributed by atoms with van der Waals surface area (Å²) in [6.45, 7) is 7.09. The maximum Gasteiger partial charge on any atom is 0.229 e. The zero-order valence-corrected chi connectivity index (χ0v) is 11.7. The molecule has 1 aromatic carbocycles. The molecule has 2 N–H and O–H groups in total. The first-order valence-electron chi connectivity index (χ1n) is 6.60. The van der Waals surface area contributed by atoms with Gasteiger partial charge >= 0.3 is 0 Å². The fourth-order valence-electron chi connectivity index (χ4n) is 1.73. The molecular weight excluding hydrogens is 236 g/mol. The van der Waals surface area contributed by atoms with Crippen molar-refractivity contribution in [3.63, 3.8) is 0 Å². The van der Waals surface area contributed by atoms with E-state index in [0.29, 0.717) is 5.95 Å². The second-order valence-corrected chi connectivity index (χ2v) is 4.64. The lowest BCUT2D eigenvalue weighted by Gasteiger charge is -2.09. The summed E-state index contributed by atoms with van der Waals surface area (Å²) in [5.41, 5.74) is 3.18. The molecule has 19 heavy (non-hydrogen) atoms. The van der Waals surface area contributed by atoms with Crippen LogP contribution in [0.1, 0.15) is 24.6 Å². The summed E-state index contributed by atoms with van der Waals surface area (Å²) < 4.78 is 0. The van der Waals surface area contributed by atoms with Gasteiger partial charge in [0.1, 0.15) is 5.82 Å². The molecule has 0 spiro atoms. The van der Waals surface area contributed by atoms with Crippen LogP contribution in [0.2, 0.25) is 0 Å². The SMILES string of the molecule is CCCNc1cc(C)nc(Nc2ccc(C)cc2)n1. The minimum Gasteiger partial charge on any atom is -0.370 e. The molecule has 0 bridgehead atoms. The third-order valence-corrected chi connectivity index (χ3v) is 2.72. The van der Waals surface area contributed by atoms with Crippen LogP contribution in [0.25, 0.3) is 0 Å². The molecule has 0 amide bonds. The van der Waals surface area contributed by atoms with Crippen LogP contribution in [0.4, 0.5) is 17.5 Å². The molecule has 0 radical (unpaired) electrons. The molecule has 4 nitrogen and oxygen atoms in total. The van der Waals surface area contributed by atoms with Crippen molar-refractivity contribution in [1.29, 1.82) is 0 Å². The van der Waals surface area contributed by atoms with Gasteiger partial charge in [0, 0.05) is 24.0 Å². The van der Waals surface area contributed by atoms with Crippen molar-refractivity contribution < 1.29 is 0 Å². The van der Waals surface area contributed by atoms with Gasteiger partial charge in [-0.3, -0.25) is 0 Å². The number of anilines is 3. The average molecular weight is 256 g/mol. The molecule has 1 heterocycles. The predicted molar refractivity (Wildman–Crippen MR) is 80.0 cm³/mol. The van der Waals surface area contributed by atoms with Crippen molar-refractivity contribution in [1.82, 2.24) is 9.97 Å². The second kappa shape index (κ2) is 6.18. The van der Waals surface area contributed by atoms with Gasteiger partial charge in [-0.25, -0.2) is 4.98 Å². The van der Waals surface area contributed by atoms with Crippen molar-refractivity contribution in [3.05, 3.63) is 41.6 Å². The summed E-state index contributed by atoms with van der Waals surface area (Å²) in [7, 11) is 0. The van der Waals surface area contributed by atoms with Crippen molar-refractivity contribution in [2.45, 2.75) is 27.2 Å². The van der Waals surface area contributed by atoms with Gasteiger partial charge in [-0.15, -0.1) is 0 Å². The first-order valence-corrected chi connectivity index (χ1v) is 6.60. The predicted octanol–water partition coefficient (Wildman–Crippen LogP) is 3.66. The van der Waals surface area contributed by atoms with E-state index in [2.05, 4.69) is 46.6 Å². The molecule has 2 aromatic rings. The van der Waals surface area contributed by atoms with Crippen LogP contribution in [-0.4, -0.2) is 16.5 Å². The molecule has 0 saturated heterocycles. The van der Waals surface area contributed by atoms with E-state index >= 15 is 0 Å². The number of benzene rings is 1. The Balaban J connectivity index is 2.15. The van der Waals surface area contributed by atoms with E-state index in [0.717, 1.165) is 30.2 Å². The fraction of sp³-hybridized carbons (Fsp3) is 0.333. The molecule has 0 atom stereocenters. The Morgan fingerprint density at radius 1 is 1.05 bits per heavy atom. The van der Waals surface area contributed by atoms with Crippen LogP contribution in [0.15, 0.2) is 30.3 Å². The normalized spacial score (nSPS) is 10.3. The molecule has 0 saturated carbocycles. The number of hydrogen-bond donors (Lipinski definition) is 2. The highest BCUT2D eigenvalue weighted by atomic mass is 15.1. The zero-order chi connectivity index (χ0) is 13.7. The molecule has 0 aliphatic heterocycles. The minimum atomic E-state index is 0.627. The topological polar surface area (TPSA) is 49.8 Å². The first kappa shape index (κ1) is 13.3. The Hall–Kier alpha value is -2.10. The number of nitrogens with one attached hydrogen (secondary N) is 2. The van der Waals surface area contributed by atoms with Crippen molar-refractivity contribution in [2.24, 2.45) is 0 Å². The van der Waals surface area contributed by atoms with Gasteiger partial charge in [0.25, 0.3) is 0 Å². The Bertz CT molecular complexity index is 534. The molecular formula is C15H20N4. The van der Waals surface area contributed by atoms with E-state index < -0.39 is 0 Å². The molecule has 0 fully saturated rings. The van der Waals surface area contributed by atoms with Gasteiger partial charge in [0.05, 0.1) is 0 Å². The van der Waals surface area contributed by atoms with Crippen LogP contribution in [0.5, 0.6) is 0 Å². The van der Waals surface area contributed by atoms with Gasteiger partial charge in [-0.1, -0.05) is 24.6 Å². The quantitative estimate of drug-likeness (QED) is 0.857. The molecule has 1 aromatic heterocycles. The lowest BCUT2D eigenvalue weighted by molar-refractivity contribution is 0.962. The number of aromatic nitrogens is 2. The lowest BCUT2D eigenvalue weighted by atomic mass is 10.2. The Morgan fingerprint density at radius 3 is 2.47 bits per heavy atom. The third-order valence-electron chi connectivity index (χ3n) is 2.72. The molecule has 2 rings (SSSR count). The van der Waals surface area contributed by atoms with Crippen LogP contribution >= 0.6 is 0 Å². The molecule has 0 unspecified atom stereocenters.